The minimum atomic E-state index is -4.25. The first-order valence-corrected chi connectivity index (χ1v) is 19.8. The number of hydrogen-bond acceptors (Lipinski definition) is 12. The summed E-state index contributed by atoms with van der Waals surface area (Å²) in [5, 5.41) is 3.31. The smallest absolute Gasteiger partial charge is 0.301 e. The van der Waals surface area contributed by atoms with Crippen LogP contribution in [0.3, 0.4) is 0 Å². The first-order chi connectivity index (χ1) is 23.3. The van der Waals surface area contributed by atoms with Crippen molar-refractivity contribution in [3.05, 3.63) is 69.4 Å². The number of rotatable bonds is 10. The number of H-pyrrole nitrogens is 2. The van der Waals surface area contributed by atoms with Crippen molar-refractivity contribution in [3.8, 4) is 11.4 Å². The second kappa shape index (κ2) is 13.4. The minimum absolute atomic E-state index is 0.135. The van der Waals surface area contributed by atoms with Crippen LogP contribution in [0.2, 0.25) is 0 Å². The zero-order valence-corrected chi connectivity index (χ0v) is 29.1. The van der Waals surface area contributed by atoms with E-state index in [9.17, 15) is 34.8 Å². The first-order valence-electron chi connectivity index (χ1n) is 15.5. The van der Waals surface area contributed by atoms with Crippen LogP contribution in [0, 0.1) is 0 Å². The highest BCUT2D eigenvalue weighted by molar-refractivity contribution is 7.91. The van der Waals surface area contributed by atoms with Gasteiger partial charge in [-0.3, -0.25) is 9.05 Å². The molecule has 18 nitrogen and oxygen atoms in total. The zero-order valence-electron chi connectivity index (χ0n) is 26.7. The number of sulfonamides is 2. The van der Waals surface area contributed by atoms with Crippen LogP contribution in [0.5, 0.6) is 0 Å². The Morgan fingerprint density at radius 2 is 0.898 bits per heavy atom. The fourth-order valence-electron chi connectivity index (χ4n) is 5.81. The molecule has 0 spiro atoms. The van der Waals surface area contributed by atoms with Crippen molar-refractivity contribution in [1.29, 1.82) is 0 Å². The lowest BCUT2D eigenvalue weighted by molar-refractivity contribution is -0.706. The largest absolute Gasteiger partial charge is 0.448 e. The second-order valence-corrected chi connectivity index (χ2v) is 17.1. The fourth-order valence-corrected chi connectivity index (χ4v) is 10.1. The average molecular weight is 741 g/mol. The lowest BCUT2D eigenvalue weighted by atomic mass is 10.3. The van der Waals surface area contributed by atoms with Gasteiger partial charge in [0, 0.05) is 76.6 Å². The van der Waals surface area contributed by atoms with Gasteiger partial charge in [0.05, 0.1) is 9.79 Å². The average Bonchev–Trinajstić information content (AvgIpc) is 3.71. The summed E-state index contributed by atoms with van der Waals surface area (Å²) < 4.78 is 94.7. The summed E-state index contributed by atoms with van der Waals surface area (Å²) in [4.78, 5) is 29.0. The van der Waals surface area contributed by atoms with E-state index in [0.717, 1.165) is 22.5 Å². The topological polar surface area (TPSA) is 215 Å². The van der Waals surface area contributed by atoms with Crippen LogP contribution in [0.15, 0.2) is 87.0 Å². The van der Waals surface area contributed by atoms with E-state index in [1.807, 2.05) is 13.8 Å². The van der Waals surface area contributed by atoms with Gasteiger partial charge in [0.15, 0.2) is 0 Å². The Labute approximate surface area is 281 Å². The highest BCUT2D eigenvalue weighted by atomic mass is 32.2. The number of sulfone groups is 1. The van der Waals surface area contributed by atoms with Crippen LogP contribution < -0.4 is 20.6 Å². The molecule has 2 N–H and O–H groups in total. The minimum Gasteiger partial charge on any atom is -0.301 e. The quantitative estimate of drug-likeness (QED) is 0.174. The monoisotopic (exact) mass is 740 g/mol. The highest BCUT2D eigenvalue weighted by Gasteiger charge is 2.43. The molecule has 2 aromatic heterocycles. The third-order valence-electron chi connectivity index (χ3n) is 8.75. The Morgan fingerprint density at radius 3 is 1.20 bits per heavy atom. The molecule has 0 radical (unpaired) electrons. The van der Waals surface area contributed by atoms with Gasteiger partial charge in [-0.15, -0.1) is 0 Å². The van der Waals surface area contributed by atoms with Gasteiger partial charge in [0.1, 0.15) is 0 Å². The summed E-state index contributed by atoms with van der Waals surface area (Å²) in [5.74, 6) is 0. The summed E-state index contributed by atoms with van der Waals surface area (Å²) in [6.07, 6.45) is 0. The molecule has 2 fully saturated rings. The summed E-state index contributed by atoms with van der Waals surface area (Å²) in [7, 11) is -12.6. The van der Waals surface area contributed by atoms with E-state index in [1.165, 1.54) is 57.1 Å². The molecule has 0 aliphatic carbocycles. The van der Waals surface area contributed by atoms with Crippen molar-refractivity contribution >= 4 is 29.9 Å². The Hall–Kier alpha value is -3.99. The van der Waals surface area contributed by atoms with Crippen LogP contribution in [0.4, 0.5) is 0 Å². The number of aromatic nitrogens is 4. The molecule has 2 saturated heterocycles. The highest BCUT2D eigenvalue weighted by Crippen LogP contribution is 2.23. The van der Waals surface area contributed by atoms with Gasteiger partial charge in [-0.25, -0.2) is 34.8 Å². The van der Waals surface area contributed by atoms with Crippen molar-refractivity contribution in [1.82, 2.24) is 29.0 Å². The molecule has 0 amide bonds. The second-order valence-electron chi connectivity index (χ2n) is 11.4. The number of nitrogens with zero attached hydrogens (tertiary/aromatic N) is 6. The lowest BCUT2D eigenvalue weighted by Crippen LogP contribution is -2.52. The molecule has 0 saturated carbocycles. The molecule has 264 valence electrons. The van der Waals surface area contributed by atoms with Crippen LogP contribution in [-0.2, 0) is 29.9 Å². The number of hydrogen-bond donors (Lipinski definition) is 2. The Balaban J connectivity index is 1.24. The summed E-state index contributed by atoms with van der Waals surface area (Å²) in [5.41, 5.74) is -1.92. The Bertz CT molecular complexity index is 2110. The van der Waals surface area contributed by atoms with Crippen LogP contribution in [0.25, 0.3) is 11.4 Å². The molecule has 4 heterocycles. The fraction of sp³-hybridized carbons (Fsp3) is 0.429. The maximum atomic E-state index is 13.5. The van der Waals surface area contributed by atoms with Crippen molar-refractivity contribution < 1.29 is 43.7 Å². The zero-order chi connectivity index (χ0) is 35.1. The predicted molar refractivity (Wildman–Crippen MR) is 169 cm³/mol. The Morgan fingerprint density at radius 1 is 0.571 bits per heavy atom. The van der Waals surface area contributed by atoms with Gasteiger partial charge in [-0.1, -0.05) is 13.8 Å². The molecule has 0 atom stereocenters. The maximum Gasteiger partial charge on any atom is 0.448 e. The van der Waals surface area contributed by atoms with Crippen LogP contribution in [-0.4, -0.2) is 120 Å². The molecular formula is C28H36N8O10S3+2. The summed E-state index contributed by atoms with van der Waals surface area (Å²) >= 11 is 0. The van der Waals surface area contributed by atoms with Gasteiger partial charge in [0.2, 0.25) is 21.2 Å². The van der Waals surface area contributed by atoms with Gasteiger partial charge in [-0.2, -0.15) is 8.61 Å². The van der Waals surface area contributed by atoms with Crippen molar-refractivity contribution in [2.75, 3.05) is 65.4 Å². The molecule has 2 aromatic carbocycles. The summed E-state index contributed by atoms with van der Waals surface area (Å²) in [6.45, 7) is 8.30. The van der Waals surface area contributed by atoms with Crippen LogP contribution in [0.1, 0.15) is 13.8 Å². The van der Waals surface area contributed by atoms with Crippen LogP contribution >= 0.6 is 0 Å². The number of piperazine rings is 2. The van der Waals surface area contributed by atoms with E-state index in [0.29, 0.717) is 26.2 Å². The lowest BCUT2D eigenvalue weighted by Gasteiger charge is -2.31. The molecule has 2 aliphatic heterocycles. The van der Waals surface area contributed by atoms with E-state index >= 15 is 0 Å². The van der Waals surface area contributed by atoms with E-state index in [-0.39, 0.29) is 47.3 Å². The normalized spacial score (nSPS) is 17.8. The maximum absolute atomic E-state index is 13.5. The Kier molecular flexibility index (Phi) is 9.52. The summed E-state index contributed by atoms with van der Waals surface area (Å²) in [6, 6.07) is 10.3. The molecular weight excluding hydrogens is 705 g/mol. The van der Waals surface area contributed by atoms with Crippen molar-refractivity contribution in [2.45, 2.75) is 33.7 Å². The molecule has 0 bridgehead atoms. The van der Waals surface area contributed by atoms with Gasteiger partial charge < -0.3 is 9.80 Å². The van der Waals surface area contributed by atoms with Gasteiger partial charge >= 0.3 is 41.3 Å². The number of likely N-dealkylation sites (N-methyl/N-ethyl adjacent to an activating group) is 2. The number of benzene rings is 2. The first kappa shape index (κ1) is 34.9. The molecule has 49 heavy (non-hydrogen) atoms. The van der Waals surface area contributed by atoms with E-state index in [1.54, 1.807) is 0 Å². The van der Waals surface area contributed by atoms with E-state index < -0.39 is 51.2 Å². The molecule has 2 aliphatic rings. The molecule has 0 unspecified atom stereocenters. The molecule has 4 aromatic rings. The number of aromatic amines is 2. The van der Waals surface area contributed by atoms with E-state index in [4.69, 9.17) is 9.05 Å². The predicted octanol–water partition coefficient (Wildman–Crippen LogP) is -1.71. The van der Waals surface area contributed by atoms with E-state index in [2.05, 4.69) is 20.3 Å². The molecule has 6 rings (SSSR count). The third-order valence-corrected chi connectivity index (χ3v) is 14.3. The SMILES string of the molecule is CCN1CCN(S(=O)(=O)c2c(=O)o[nH][n+]2-c2ccc(S(=O)(=O)c3ccc(-[n+]4[nH]oc(=O)c4S(=O)(=O)N4CCN(CC)CC4)cc3)cc2)CC1. The van der Waals surface area contributed by atoms with Gasteiger partial charge in [0.25, 0.3) is 0 Å². The third kappa shape index (κ3) is 6.42. The molecule has 21 heteroatoms. The standard InChI is InChI=1S/C28H34N8O10S3/c1-3-31-13-17-33(18-14-31)48(41,42)25-27(37)45-29-35(25)21-5-9-23(10-6-21)47(39,40)24-11-7-22(8-12-24)36-26(28(38)46-30-36)49(43,44)34-19-15-32(4-2)16-20-34/h5-12H,3-4,13-20H2,1-2H3/p+2. The van der Waals surface area contributed by atoms with Gasteiger partial charge in [-0.05, 0) is 57.3 Å². The number of nitrogens with one attached hydrogen (secondary N) is 2. The van der Waals surface area contributed by atoms with Crippen molar-refractivity contribution in [2.24, 2.45) is 0 Å². The van der Waals surface area contributed by atoms with Crippen molar-refractivity contribution in [3.63, 3.8) is 0 Å².